The Balaban J connectivity index is 1.17. The number of H-pyrrole nitrogens is 1. The number of hydrogen-bond donors (Lipinski definition) is 5. The molecule has 18 nitrogen and oxygen atoms in total. The molecule has 6 unspecified atom stereocenters. The van der Waals surface area contributed by atoms with Crippen LogP contribution in [0.25, 0.3) is 22.3 Å². The van der Waals surface area contributed by atoms with E-state index < -0.39 is 81.1 Å². The molecule has 6 N–H and O–H groups in total. The van der Waals surface area contributed by atoms with E-state index in [0.29, 0.717) is 0 Å². The molecule has 45 heavy (non-hydrogen) atoms. The lowest BCUT2D eigenvalue weighted by atomic mass is 10.1. The minimum atomic E-state index is -4.35. The van der Waals surface area contributed by atoms with Crippen LogP contribution in [0.2, 0.25) is 0 Å². The molecule has 0 spiro atoms. The number of nitrogens with one attached hydrogen (secondary N) is 1. The fourth-order valence-corrected chi connectivity index (χ4v) is 8.77. The highest BCUT2D eigenvalue weighted by atomic mass is 32.7. The van der Waals surface area contributed by atoms with Crippen LogP contribution in [-0.2, 0) is 39.2 Å². The smallest absolute Gasteiger partial charge is 0.382 e. The molecule has 3 fully saturated rings. The van der Waals surface area contributed by atoms with Gasteiger partial charge in [-0.2, -0.15) is 4.98 Å². The van der Waals surface area contributed by atoms with Gasteiger partial charge in [-0.15, -0.1) is 0 Å². The normalized spacial score (nSPS) is 37.7. The van der Waals surface area contributed by atoms with E-state index in [-0.39, 0.29) is 40.5 Å². The number of hydrogen-bond acceptors (Lipinski definition) is 15. The van der Waals surface area contributed by atoms with Gasteiger partial charge in [0.2, 0.25) is 5.95 Å². The van der Waals surface area contributed by atoms with Gasteiger partial charge in [0, 0.05) is 5.92 Å². The van der Waals surface area contributed by atoms with Gasteiger partial charge in [-0.1, -0.05) is 12.2 Å². The van der Waals surface area contributed by atoms with E-state index in [1.54, 1.807) is 0 Å². The largest absolute Gasteiger partial charge is 0.386 e. The summed E-state index contributed by atoms with van der Waals surface area (Å²) in [7, 11) is 0. The molecule has 1 aliphatic carbocycles. The third-order valence-electron chi connectivity index (χ3n) is 7.79. The summed E-state index contributed by atoms with van der Waals surface area (Å²) < 4.78 is 76.1. The van der Waals surface area contributed by atoms with Crippen molar-refractivity contribution in [1.82, 2.24) is 39.0 Å². The zero-order valence-corrected chi connectivity index (χ0v) is 26.1. The van der Waals surface area contributed by atoms with Crippen molar-refractivity contribution in [3.8, 4) is 0 Å². The van der Waals surface area contributed by atoms with Crippen LogP contribution in [0.4, 0.5) is 20.5 Å². The number of fused-ring (bicyclic) bond motifs is 4. The first kappa shape index (κ1) is 31.0. The van der Waals surface area contributed by atoms with Crippen molar-refractivity contribution in [2.75, 3.05) is 24.7 Å². The topological polar surface area (TPSA) is 243 Å². The Morgan fingerprint density at radius 2 is 1.78 bits per heavy atom. The number of rotatable bonds is 2. The van der Waals surface area contributed by atoms with Crippen molar-refractivity contribution in [2.45, 2.75) is 49.3 Å². The number of nitrogens with zero attached hydrogens (tertiary/aromatic N) is 7. The monoisotopic (exact) mass is 708 g/mol. The van der Waals surface area contributed by atoms with E-state index in [1.165, 1.54) is 17.2 Å². The number of halogens is 2. The molecule has 4 aromatic heterocycles. The molecular weight excluding hydrogens is 684 g/mol. The summed E-state index contributed by atoms with van der Waals surface area (Å²) in [4.78, 5) is 45.6. The molecule has 4 aromatic rings. The number of thiol groups is 1. The van der Waals surface area contributed by atoms with Crippen LogP contribution in [0, 0.1) is 5.92 Å². The van der Waals surface area contributed by atoms with Crippen molar-refractivity contribution < 1.29 is 41.1 Å². The predicted octanol–water partition coefficient (Wildman–Crippen LogP) is 1.33. The van der Waals surface area contributed by atoms with E-state index in [4.69, 9.17) is 46.1 Å². The van der Waals surface area contributed by atoms with Crippen LogP contribution in [0.15, 0.2) is 23.8 Å². The number of alkyl halides is 2. The summed E-state index contributed by atoms with van der Waals surface area (Å²) in [6.07, 6.45) is -6.15. The number of aromatic nitrogens is 8. The molecule has 24 heteroatoms. The molecule has 0 radical (unpaired) electrons. The number of nitrogen functional groups attached to an aromatic ring is 2. The van der Waals surface area contributed by atoms with Crippen LogP contribution in [-0.4, -0.2) is 87.8 Å². The maximum Gasteiger partial charge on any atom is 0.386 e. The molecule has 3 aliphatic rings. The Labute approximate surface area is 260 Å². The van der Waals surface area contributed by atoms with Gasteiger partial charge in [0.05, 0.1) is 31.9 Å². The predicted molar refractivity (Wildman–Crippen MR) is 158 cm³/mol. The van der Waals surface area contributed by atoms with Gasteiger partial charge in [0.1, 0.15) is 36.3 Å². The van der Waals surface area contributed by atoms with Crippen molar-refractivity contribution in [1.29, 1.82) is 0 Å². The lowest BCUT2D eigenvalue weighted by Gasteiger charge is -2.30. The van der Waals surface area contributed by atoms with Crippen molar-refractivity contribution >= 4 is 71.7 Å². The van der Waals surface area contributed by atoms with Crippen molar-refractivity contribution in [3.63, 3.8) is 0 Å². The van der Waals surface area contributed by atoms with Gasteiger partial charge in [-0.25, -0.2) is 33.3 Å². The van der Waals surface area contributed by atoms with Crippen LogP contribution < -0.4 is 17.0 Å². The molecule has 10 atom stereocenters. The zero-order chi connectivity index (χ0) is 31.8. The molecular formula is C21H24F2N10O8P2S2. The summed E-state index contributed by atoms with van der Waals surface area (Å²) in [5, 5.41) is 0. The number of imidazole rings is 2. The quantitative estimate of drug-likeness (QED) is 0.146. The third-order valence-corrected chi connectivity index (χ3v) is 11.0. The average molecular weight is 709 g/mol. The SMILES string of the molecule is Nc1nc2c(ncn2C2OC3COP(O)(=S)O[C@@H]4C(COP(=O)(S)O[C@H]3[C@H]2F)CC(n2cnc3c(N)ncnc32)[C@@H]4F)c(=O)[nH]1. The summed E-state index contributed by atoms with van der Waals surface area (Å²) in [5.74, 6) is -1.01. The Morgan fingerprint density at radius 3 is 2.58 bits per heavy atom. The number of anilines is 2. The van der Waals surface area contributed by atoms with Crippen LogP contribution in [0.3, 0.4) is 0 Å². The molecule has 7 rings (SSSR count). The lowest BCUT2D eigenvalue weighted by Crippen LogP contribution is -2.35. The lowest BCUT2D eigenvalue weighted by molar-refractivity contribution is -0.0472. The average Bonchev–Trinajstić information content (AvgIpc) is 3.72. The minimum absolute atomic E-state index is 0.0241. The van der Waals surface area contributed by atoms with E-state index in [9.17, 15) is 14.3 Å². The second kappa shape index (κ2) is 11.3. The zero-order valence-electron chi connectivity index (χ0n) is 22.6. The fourth-order valence-electron chi connectivity index (χ4n) is 5.77. The molecule has 2 saturated heterocycles. The molecule has 0 bridgehead atoms. The Bertz CT molecular complexity index is 1950. The molecule has 1 saturated carbocycles. The maximum atomic E-state index is 16.1. The first-order chi connectivity index (χ1) is 21.3. The van der Waals surface area contributed by atoms with Crippen LogP contribution in [0.5, 0.6) is 0 Å². The number of aromatic amines is 1. The van der Waals surface area contributed by atoms with Gasteiger partial charge in [-0.3, -0.25) is 18.9 Å². The van der Waals surface area contributed by atoms with E-state index in [0.717, 1.165) is 10.9 Å². The van der Waals surface area contributed by atoms with Crippen molar-refractivity contribution in [3.05, 3.63) is 29.3 Å². The van der Waals surface area contributed by atoms with E-state index in [1.807, 2.05) is 0 Å². The summed E-state index contributed by atoms with van der Waals surface area (Å²) in [6, 6.07) is -0.943. The Hall–Kier alpha value is -2.65. The first-order valence-corrected chi connectivity index (χ1v) is 18.5. The van der Waals surface area contributed by atoms with Gasteiger partial charge in [0.25, 0.3) is 5.56 Å². The Morgan fingerprint density at radius 1 is 1.02 bits per heavy atom. The summed E-state index contributed by atoms with van der Waals surface area (Å²) >= 11 is 9.22. The van der Waals surface area contributed by atoms with Gasteiger partial charge < -0.3 is 39.2 Å². The molecule has 2 aliphatic heterocycles. The van der Waals surface area contributed by atoms with Crippen molar-refractivity contribution in [2.24, 2.45) is 5.92 Å². The van der Waals surface area contributed by atoms with Gasteiger partial charge >= 0.3 is 13.5 Å². The number of nitrogens with two attached hydrogens (primary N) is 2. The maximum absolute atomic E-state index is 16.1. The van der Waals surface area contributed by atoms with Gasteiger partial charge in [-0.05, 0) is 18.2 Å². The highest BCUT2D eigenvalue weighted by molar-refractivity contribution is 8.44. The molecule has 0 aromatic carbocycles. The first-order valence-electron chi connectivity index (χ1n) is 13.2. The van der Waals surface area contributed by atoms with Gasteiger partial charge in [0.15, 0.2) is 35.0 Å². The van der Waals surface area contributed by atoms with Crippen LogP contribution >= 0.6 is 25.8 Å². The second-order valence-electron chi connectivity index (χ2n) is 10.5. The van der Waals surface area contributed by atoms with Crippen LogP contribution in [0.1, 0.15) is 18.7 Å². The molecule has 0 amide bonds. The standard InChI is InChI=1S/C21H24F2N10O8P2S2/c22-10-8(32-5-28-12-16(24)26-4-27-17(12)32)1-7-2-37-42(35,44)41-15-9(3-38-43(36,45)40-14(7)10)39-20(11(15)23)33-6-29-13-18(33)30-21(25)31-19(13)34/h4-11,14-15,20H,1-3H2,(H,35,44)(H,36,45)(H2,24,26,27)(H3,25,30,31,34)/t7?,8?,9?,10-,11+,14+,15+,20?,42?,43?/m0/s1. The summed E-state index contributed by atoms with van der Waals surface area (Å²) in [6.45, 7) is -9.64. The molecule has 242 valence electrons. The Kier molecular flexibility index (Phi) is 7.75. The van der Waals surface area contributed by atoms with E-state index in [2.05, 4.69) is 42.2 Å². The third kappa shape index (κ3) is 5.56. The summed E-state index contributed by atoms with van der Waals surface area (Å²) in [5.41, 5.74) is 11.1. The second-order valence-corrected chi connectivity index (χ2v) is 16.2. The minimum Gasteiger partial charge on any atom is -0.382 e. The highest BCUT2D eigenvalue weighted by Crippen LogP contribution is 2.59. The molecule has 6 heterocycles. The van der Waals surface area contributed by atoms with E-state index >= 15 is 8.78 Å². The number of ether oxygens (including phenoxy) is 1. The fraction of sp³-hybridized carbons (Fsp3) is 0.524. The highest BCUT2D eigenvalue weighted by Gasteiger charge is 2.53.